The van der Waals surface area contributed by atoms with Crippen LogP contribution < -0.4 is 5.32 Å². The third kappa shape index (κ3) is 2.98. The van der Waals surface area contributed by atoms with Gasteiger partial charge in [0.2, 0.25) is 0 Å². The van der Waals surface area contributed by atoms with Gasteiger partial charge in [-0.2, -0.15) is 5.26 Å². The van der Waals surface area contributed by atoms with Gasteiger partial charge >= 0.3 is 5.97 Å². The molecule has 1 aromatic heterocycles. The van der Waals surface area contributed by atoms with Crippen molar-refractivity contribution in [2.75, 3.05) is 5.32 Å². The van der Waals surface area contributed by atoms with Gasteiger partial charge in [-0.15, -0.1) is 0 Å². The fraction of sp³-hybridized carbons (Fsp3) is 0.462. The summed E-state index contributed by atoms with van der Waals surface area (Å²) in [5.74, 6) is -0.970. The van der Waals surface area contributed by atoms with Crippen molar-refractivity contribution in [2.45, 2.75) is 31.7 Å². The summed E-state index contributed by atoms with van der Waals surface area (Å²) in [5, 5.41) is 21.1. The molecule has 5 nitrogen and oxygen atoms in total. The van der Waals surface area contributed by atoms with Gasteiger partial charge in [-0.25, -0.2) is 4.98 Å². The molecule has 1 saturated carbocycles. The topological polar surface area (TPSA) is 86.0 Å². The molecule has 1 aliphatic rings. The van der Waals surface area contributed by atoms with Crippen LogP contribution in [0.3, 0.4) is 0 Å². The third-order valence-electron chi connectivity index (χ3n) is 3.27. The molecule has 2 rings (SSSR count). The second-order valence-corrected chi connectivity index (χ2v) is 4.58. The van der Waals surface area contributed by atoms with Crippen molar-refractivity contribution in [3.8, 4) is 6.07 Å². The van der Waals surface area contributed by atoms with Crippen LogP contribution in [0.4, 0.5) is 5.69 Å². The van der Waals surface area contributed by atoms with Gasteiger partial charge in [-0.3, -0.25) is 4.79 Å². The summed E-state index contributed by atoms with van der Waals surface area (Å²) in [6.07, 6.45) is 4.87. The molecule has 0 aromatic carbocycles. The summed E-state index contributed by atoms with van der Waals surface area (Å²) in [6.45, 7) is 0. The number of aromatic nitrogens is 1. The number of hydrogen-bond acceptors (Lipinski definition) is 4. The van der Waals surface area contributed by atoms with Crippen molar-refractivity contribution in [1.29, 1.82) is 5.26 Å². The Morgan fingerprint density at radius 2 is 2.39 bits per heavy atom. The summed E-state index contributed by atoms with van der Waals surface area (Å²) in [5.41, 5.74) is 1.20. The normalized spacial score (nSPS) is 23.1. The average molecular weight is 245 g/mol. The van der Waals surface area contributed by atoms with E-state index in [1.807, 2.05) is 6.07 Å². The Morgan fingerprint density at radius 1 is 1.56 bits per heavy atom. The van der Waals surface area contributed by atoms with E-state index in [-0.39, 0.29) is 12.0 Å². The highest BCUT2D eigenvalue weighted by atomic mass is 16.4. The van der Waals surface area contributed by atoms with Crippen LogP contribution in [0, 0.1) is 17.2 Å². The van der Waals surface area contributed by atoms with Crippen LogP contribution in [-0.2, 0) is 4.79 Å². The molecule has 2 unspecified atom stereocenters. The lowest BCUT2D eigenvalue weighted by molar-refractivity contribution is -0.142. The van der Waals surface area contributed by atoms with Crippen LogP contribution in [0.1, 0.15) is 31.4 Å². The van der Waals surface area contributed by atoms with Gasteiger partial charge in [-0.05, 0) is 31.4 Å². The summed E-state index contributed by atoms with van der Waals surface area (Å²) >= 11 is 0. The summed E-state index contributed by atoms with van der Waals surface area (Å²) in [6, 6.07) is 5.63. The SMILES string of the molecule is N#Cc1cc(NC2CCCC(C(=O)O)C2)ccn1. The highest BCUT2D eigenvalue weighted by molar-refractivity contribution is 5.70. The van der Waals surface area contributed by atoms with Gasteiger partial charge in [0.15, 0.2) is 0 Å². The second kappa shape index (κ2) is 5.50. The van der Waals surface area contributed by atoms with Crippen molar-refractivity contribution < 1.29 is 9.90 Å². The molecule has 2 N–H and O–H groups in total. The van der Waals surface area contributed by atoms with Crippen molar-refractivity contribution in [2.24, 2.45) is 5.92 Å². The average Bonchev–Trinajstić information content (AvgIpc) is 2.39. The highest BCUT2D eigenvalue weighted by Gasteiger charge is 2.26. The first kappa shape index (κ1) is 12.4. The first-order chi connectivity index (χ1) is 8.69. The molecule has 1 aromatic rings. The minimum atomic E-state index is -0.714. The van der Waals surface area contributed by atoms with Crippen molar-refractivity contribution >= 4 is 11.7 Å². The molecule has 1 fully saturated rings. The summed E-state index contributed by atoms with van der Waals surface area (Å²) in [7, 11) is 0. The largest absolute Gasteiger partial charge is 0.481 e. The Bertz CT molecular complexity index is 481. The molecular weight excluding hydrogens is 230 g/mol. The second-order valence-electron chi connectivity index (χ2n) is 4.58. The molecular formula is C13H15N3O2. The van der Waals surface area contributed by atoms with Gasteiger partial charge in [-0.1, -0.05) is 6.42 Å². The maximum atomic E-state index is 11.0. The Labute approximate surface area is 105 Å². The van der Waals surface area contributed by atoms with Crippen molar-refractivity contribution in [3.63, 3.8) is 0 Å². The Morgan fingerprint density at radius 3 is 3.11 bits per heavy atom. The lowest BCUT2D eigenvalue weighted by atomic mass is 9.85. The quantitative estimate of drug-likeness (QED) is 0.850. The van der Waals surface area contributed by atoms with Gasteiger partial charge in [0.25, 0.3) is 0 Å². The van der Waals surface area contributed by atoms with E-state index in [0.29, 0.717) is 12.1 Å². The van der Waals surface area contributed by atoms with Crippen molar-refractivity contribution in [1.82, 2.24) is 4.98 Å². The number of carbonyl (C=O) groups is 1. The molecule has 0 saturated heterocycles. The monoisotopic (exact) mass is 245 g/mol. The number of aliphatic carboxylic acids is 1. The number of nitrogens with zero attached hydrogens (tertiary/aromatic N) is 2. The molecule has 18 heavy (non-hydrogen) atoms. The smallest absolute Gasteiger partial charge is 0.306 e. The molecule has 94 valence electrons. The zero-order valence-corrected chi connectivity index (χ0v) is 9.97. The van der Waals surface area contributed by atoms with E-state index >= 15 is 0 Å². The molecule has 0 bridgehead atoms. The van der Waals surface area contributed by atoms with E-state index < -0.39 is 5.97 Å². The number of hydrogen-bond donors (Lipinski definition) is 2. The zero-order chi connectivity index (χ0) is 13.0. The maximum absolute atomic E-state index is 11.0. The number of carboxylic acid groups (broad SMARTS) is 1. The van der Waals surface area contributed by atoms with Crippen LogP contribution in [-0.4, -0.2) is 22.1 Å². The number of carboxylic acids is 1. The van der Waals surface area contributed by atoms with Crippen molar-refractivity contribution in [3.05, 3.63) is 24.0 Å². The van der Waals surface area contributed by atoms with E-state index in [1.165, 1.54) is 0 Å². The van der Waals surface area contributed by atoms with Crippen LogP contribution in [0.2, 0.25) is 0 Å². The molecule has 1 heterocycles. The molecule has 2 atom stereocenters. The number of rotatable bonds is 3. The molecule has 1 aliphatic carbocycles. The van der Waals surface area contributed by atoms with Crippen LogP contribution in [0.25, 0.3) is 0 Å². The lowest BCUT2D eigenvalue weighted by Gasteiger charge is -2.28. The predicted molar refractivity (Wildman–Crippen MR) is 66.0 cm³/mol. The van der Waals surface area contributed by atoms with Crippen LogP contribution in [0.5, 0.6) is 0 Å². The minimum absolute atomic E-state index is 0.161. The fourth-order valence-electron chi connectivity index (χ4n) is 2.36. The van der Waals surface area contributed by atoms with Crippen LogP contribution >= 0.6 is 0 Å². The Hall–Kier alpha value is -2.09. The molecule has 0 amide bonds. The van der Waals surface area contributed by atoms with E-state index in [0.717, 1.165) is 24.9 Å². The Balaban J connectivity index is 2.00. The van der Waals surface area contributed by atoms with E-state index in [9.17, 15) is 4.79 Å². The number of nitrogens with one attached hydrogen (secondary N) is 1. The van der Waals surface area contributed by atoms with Gasteiger partial charge < -0.3 is 10.4 Å². The molecule has 0 spiro atoms. The number of anilines is 1. The highest BCUT2D eigenvalue weighted by Crippen LogP contribution is 2.26. The lowest BCUT2D eigenvalue weighted by Crippen LogP contribution is -2.30. The molecule has 0 radical (unpaired) electrons. The predicted octanol–water partition coefficient (Wildman–Crippen LogP) is 2.01. The van der Waals surface area contributed by atoms with Crippen LogP contribution in [0.15, 0.2) is 18.3 Å². The third-order valence-corrected chi connectivity index (χ3v) is 3.27. The van der Waals surface area contributed by atoms with E-state index in [2.05, 4.69) is 10.3 Å². The zero-order valence-electron chi connectivity index (χ0n) is 9.97. The van der Waals surface area contributed by atoms with E-state index in [1.54, 1.807) is 18.3 Å². The standard InChI is InChI=1S/C13H15N3O2/c14-8-12-7-11(4-5-15-12)16-10-3-1-2-9(6-10)13(17)18/h4-5,7,9-10H,1-3,6H2,(H,15,16)(H,17,18). The summed E-state index contributed by atoms with van der Waals surface area (Å²) < 4.78 is 0. The van der Waals surface area contributed by atoms with Gasteiger partial charge in [0, 0.05) is 17.9 Å². The summed E-state index contributed by atoms with van der Waals surface area (Å²) in [4.78, 5) is 14.9. The first-order valence-electron chi connectivity index (χ1n) is 6.04. The Kier molecular flexibility index (Phi) is 3.78. The van der Waals surface area contributed by atoms with Gasteiger partial charge in [0.05, 0.1) is 5.92 Å². The number of nitriles is 1. The fourth-order valence-corrected chi connectivity index (χ4v) is 2.36. The van der Waals surface area contributed by atoms with Gasteiger partial charge in [0.1, 0.15) is 11.8 Å². The molecule has 0 aliphatic heterocycles. The first-order valence-corrected chi connectivity index (χ1v) is 6.04. The molecule has 5 heteroatoms. The minimum Gasteiger partial charge on any atom is -0.481 e. The number of pyridine rings is 1. The maximum Gasteiger partial charge on any atom is 0.306 e. The van der Waals surface area contributed by atoms with E-state index in [4.69, 9.17) is 10.4 Å².